The van der Waals surface area contributed by atoms with Gasteiger partial charge < -0.3 is 31.3 Å². The van der Waals surface area contributed by atoms with Crippen molar-refractivity contribution < 1.29 is 29.7 Å². The Kier molecular flexibility index (Phi) is 6.24. The van der Waals surface area contributed by atoms with Gasteiger partial charge >= 0.3 is 11.9 Å². The number of hydrogen-bond donors (Lipinski definition) is 6. The molecule has 0 fully saturated rings. The van der Waals surface area contributed by atoms with Crippen LogP contribution in [0.15, 0.2) is 30.3 Å². The molecule has 0 amide bonds. The highest BCUT2D eigenvalue weighted by molar-refractivity contribution is 6.28. The van der Waals surface area contributed by atoms with E-state index < -0.39 is 11.9 Å². The Balaban J connectivity index is 1.71. The average molecular weight is 453 g/mol. The molecule has 1 aromatic heterocycles. The second-order valence-electron chi connectivity index (χ2n) is 7.55. The van der Waals surface area contributed by atoms with E-state index >= 15 is 0 Å². The van der Waals surface area contributed by atoms with Crippen LogP contribution in [-0.2, 0) is 16.1 Å². The Morgan fingerprint density at radius 2 is 1.67 bits per heavy atom. The standard InChI is InChI=1S/C22H23N5O6/c28-15-3-1-2-12-18(15)22(33)19-13(25-7-6-23-10-16(29)30)4-5-14-20(19)21(12)26-27(14)9-8-24-11-17(31)32/h1-5,23-25,28H,6-11H2,(H,29,30)(H,31,32). The Morgan fingerprint density at radius 3 is 2.39 bits per heavy atom. The van der Waals surface area contributed by atoms with Gasteiger partial charge in [-0.2, -0.15) is 5.10 Å². The van der Waals surface area contributed by atoms with E-state index in [1.54, 1.807) is 22.9 Å². The number of carbonyl (C=O) groups excluding carboxylic acids is 1. The molecule has 11 heteroatoms. The lowest BCUT2D eigenvalue weighted by atomic mass is 9.86. The molecule has 11 nitrogen and oxygen atoms in total. The summed E-state index contributed by atoms with van der Waals surface area (Å²) in [6.45, 7) is 1.18. The summed E-state index contributed by atoms with van der Waals surface area (Å²) >= 11 is 0. The summed E-state index contributed by atoms with van der Waals surface area (Å²) in [5, 5.41) is 42.1. The van der Waals surface area contributed by atoms with Gasteiger partial charge in [0.2, 0.25) is 0 Å². The highest BCUT2D eigenvalue weighted by Crippen LogP contribution is 2.44. The number of rotatable bonds is 11. The maximum Gasteiger partial charge on any atom is 0.317 e. The van der Waals surface area contributed by atoms with Gasteiger partial charge in [-0.15, -0.1) is 0 Å². The lowest BCUT2D eigenvalue weighted by molar-refractivity contribution is -0.136. The normalized spacial score (nSPS) is 12.1. The highest BCUT2D eigenvalue weighted by atomic mass is 16.4. The number of phenols is 1. The van der Waals surface area contributed by atoms with Gasteiger partial charge in [0, 0.05) is 36.3 Å². The quantitative estimate of drug-likeness (QED) is 0.178. The number of carbonyl (C=O) groups is 3. The van der Waals surface area contributed by atoms with Gasteiger partial charge in [-0.1, -0.05) is 12.1 Å². The minimum atomic E-state index is -0.955. The van der Waals surface area contributed by atoms with Gasteiger partial charge in [0.15, 0.2) is 5.78 Å². The molecule has 6 N–H and O–H groups in total. The lowest BCUT2D eigenvalue weighted by Crippen LogP contribution is -2.28. The molecule has 1 aliphatic carbocycles. The second-order valence-corrected chi connectivity index (χ2v) is 7.55. The first-order valence-corrected chi connectivity index (χ1v) is 10.4. The van der Waals surface area contributed by atoms with Gasteiger partial charge in [0.1, 0.15) is 11.4 Å². The molecule has 0 saturated heterocycles. The predicted molar refractivity (Wildman–Crippen MR) is 120 cm³/mol. The first kappa shape index (κ1) is 22.2. The molecule has 3 aromatic rings. The van der Waals surface area contributed by atoms with Gasteiger partial charge in [-0.05, 0) is 18.2 Å². The Hall–Kier alpha value is -3.96. The number of ketones is 1. The molecule has 0 atom stereocenters. The molecule has 172 valence electrons. The largest absolute Gasteiger partial charge is 0.507 e. The van der Waals surface area contributed by atoms with Crippen LogP contribution in [0.3, 0.4) is 0 Å². The van der Waals surface area contributed by atoms with Crippen LogP contribution in [0.5, 0.6) is 5.75 Å². The molecule has 4 rings (SSSR count). The molecule has 0 radical (unpaired) electrons. The van der Waals surface area contributed by atoms with Crippen LogP contribution in [0.2, 0.25) is 0 Å². The van der Waals surface area contributed by atoms with Gasteiger partial charge in [-0.25, -0.2) is 0 Å². The van der Waals surface area contributed by atoms with Gasteiger partial charge in [0.05, 0.1) is 36.3 Å². The lowest BCUT2D eigenvalue weighted by Gasteiger charge is -2.19. The van der Waals surface area contributed by atoms with Gasteiger partial charge in [0.25, 0.3) is 0 Å². The highest BCUT2D eigenvalue weighted by Gasteiger charge is 2.33. The van der Waals surface area contributed by atoms with E-state index in [0.717, 1.165) is 0 Å². The zero-order valence-corrected chi connectivity index (χ0v) is 17.6. The summed E-state index contributed by atoms with van der Waals surface area (Å²) in [5.41, 5.74) is 2.95. The number of hydrogen-bond acceptors (Lipinski definition) is 8. The van der Waals surface area contributed by atoms with E-state index in [9.17, 15) is 19.5 Å². The van der Waals surface area contributed by atoms with E-state index in [1.807, 2.05) is 6.07 Å². The number of carboxylic acid groups (broad SMARTS) is 2. The van der Waals surface area contributed by atoms with Crippen LogP contribution in [0.25, 0.3) is 22.2 Å². The number of fused-ring (bicyclic) bond motifs is 2. The summed E-state index contributed by atoms with van der Waals surface area (Å²) in [6, 6.07) is 8.44. The average Bonchev–Trinajstić information content (AvgIpc) is 3.13. The van der Waals surface area contributed by atoms with Crippen LogP contribution >= 0.6 is 0 Å². The summed E-state index contributed by atoms with van der Waals surface area (Å²) in [5.74, 6) is -2.37. The number of nitrogens with one attached hydrogen (secondary N) is 3. The smallest absolute Gasteiger partial charge is 0.317 e. The zero-order valence-electron chi connectivity index (χ0n) is 17.6. The molecular weight excluding hydrogens is 430 g/mol. The molecule has 0 spiro atoms. The van der Waals surface area contributed by atoms with Crippen molar-refractivity contribution in [2.24, 2.45) is 0 Å². The van der Waals surface area contributed by atoms with Crippen molar-refractivity contribution in [2.75, 3.05) is 38.0 Å². The number of aromatic nitrogens is 2. The van der Waals surface area contributed by atoms with Crippen molar-refractivity contribution in [3.63, 3.8) is 0 Å². The molecule has 2 aromatic carbocycles. The second kappa shape index (κ2) is 9.27. The van der Waals surface area contributed by atoms with Crippen LogP contribution < -0.4 is 16.0 Å². The summed E-state index contributed by atoms with van der Waals surface area (Å²) in [4.78, 5) is 34.8. The Morgan fingerprint density at radius 1 is 0.939 bits per heavy atom. The van der Waals surface area contributed by atoms with Gasteiger partial charge in [-0.3, -0.25) is 19.1 Å². The molecular formula is C22H23N5O6. The number of aromatic hydroxyl groups is 1. The van der Waals surface area contributed by atoms with Crippen molar-refractivity contribution >= 4 is 34.3 Å². The van der Waals surface area contributed by atoms with Crippen molar-refractivity contribution in [3.8, 4) is 17.0 Å². The molecule has 33 heavy (non-hydrogen) atoms. The fourth-order valence-electron chi connectivity index (χ4n) is 3.98. The number of benzene rings is 2. The topological polar surface area (TPSA) is 166 Å². The minimum Gasteiger partial charge on any atom is -0.507 e. The SMILES string of the molecule is O=C(O)CNCCNc1ccc2c3c(nn2CCNCC(=O)O)-c2cccc(O)c2C(=O)c13. The fraction of sp³-hybridized carbons (Fsp3) is 0.273. The molecule has 0 saturated carbocycles. The summed E-state index contributed by atoms with van der Waals surface area (Å²) < 4.78 is 1.72. The van der Waals surface area contributed by atoms with E-state index in [4.69, 9.17) is 10.2 Å². The number of aliphatic carboxylic acids is 2. The van der Waals surface area contributed by atoms with Crippen molar-refractivity contribution in [1.29, 1.82) is 0 Å². The molecule has 1 aliphatic rings. The Labute approximate surface area is 188 Å². The molecule has 0 unspecified atom stereocenters. The fourth-order valence-corrected chi connectivity index (χ4v) is 3.98. The van der Waals surface area contributed by atoms with Crippen LogP contribution in [0, 0.1) is 0 Å². The first-order chi connectivity index (χ1) is 15.9. The maximum absolute atomic E-state index is 13.5. The van der Waals surface area contributed by atoms with Crippen molar-refractivity contribution in [1.82, 2.24) is 20.4 Å². The molecule has 0 bridgehead atoms. The number of carboxylic acids is 2. The van der Waals surface area contributed by atoms with E-state index in [1.165, 1.54) is 6.07 Å². The molecule has 0 aliphatic heterocycles. The number of anilines is 1. The third-order valence-corrected chi connectivity index (χ3v) is 5.34. The third kappa shape index (κ3) is 4.36. The van der Waals surface area contributed by atoms with E-state index in [-0.39, 0.29) is 30.2 Å². The van der Waals surface area contributed by atoms with E-state index in [2.05, 4.69) is 21.0 Å². The van der Waals surface area contributed by atoms with Crippen molar-refractivity contribution in [2.45, 2.75) is 6.54 Å². The summed E-state index contributed by atoms with van der Waals surface area (Å²) in [7, 11) is 0. The van der Waals surface area contributed by atoms with Crippen LogP contribution in [0.1, 0.15) is 15.9 Å². The number of phenolic OH excluding ortho intramolecular Hbond substituents is 1. The Bertz CT molecular complexity index is 1250. The minimum absolute atomic E-state index is 0.132. The zero-order chi connectivity index (χ0) is 23.5. The third-order valence-electron chi connectivity index (χ3n) is 5.34. The van der Waals surface area contributed by atoms with Crippen LogP contribution in [-0.4, -0.2) is 75.5 Å². The maximum atomic E-state index is 13.5. The predicted octanol–water partition coefficient (Wildman–Crippen LogP) is 0.714. The molecule has 1 heterocycles. The van der Waals surface area contributed by atoms with Crippen LogP contribution in [0.4, 0.5) is 5.69 Å². The summed E-state index contributed by atoms with van der Waals surface area (Å²) in [6.07, 6.45) is 0. The monoisotopic (exact) mass is 453 g/mol. The number of nitrogens with zero attached hydrogens (tertiary/aromatic N) is 2. The van der Waals surface area contributed by atoms with Crippen molar-refractivity contribution in [3.05, 3.63) is 41.5 Å². The first-order valence-electron chi connectivity index (χ1n) is 10.4. The van der Waals surface area contributed by atoms with E-state index in [0.29, 0.717) is 59.6 Å².